The van der Waals surface area contributed by atoms with Crippen LogP contribution in [0.5, 0.6) is 0 Å². The highest BCUT2D eigenvalue weighted by Gasteiger charge is 1.97. The minimum absolute atomic E-state index is 0. The molecule has 0 bridgehead atoms. The third kappa shape index (κ3) is 2.23. The Morgan fingerprint density at radius 2 is 1.46 bits per heavy atom. The smallest absolute Gasteiger partial charge is 0.178 e. The van der Waals surface area contributed by atoms with Crippen molar-refractivity contribution in [1.82, 2.24) is 15.0 Å². The van der Waals surface area contributed by atoms with Crippen LogP contribution in [0.15, 0.2) is 42.9 Å². The van der Waals surface area contributed by atoms with E-state index in [1.54, 1.807) is 24.7 Å². The molecule has 0 N–H and O–H groups in total. The number of pyridine rings is 1. The molecule has 4 heteroatoms. The van der Waals surface area contributed by atoms with E-state index in [9.17, 15) is 0 Å². The highest BCUT2D eigenvalue weighted by atomic mass is 35.5. The lowest BCUT2D eigenvalue weighted by Crippen LogP contribution is -1.88. The molecule has 0 aromatic carbocycles. The number of nitrogens with zero attached hydrogens (tertiary/aromatic N) is 3. The van der Waals surface area contributed by atoms with E-state index in [0.717, 1.165) is 5.69 Å². The SMILES string of the molecule is Cl.c1ccc(-c2ncccn2)nc1. The predicted molar refractivity (Wildman–Crippen MR) is 52.5 cm³/mol. The van der Waals surface area contributed by atoms with Gasteiger partial charge < -0.3 is 0 Å². The maximum absolute atomic E-state index is 4.12. The highest BCUT2D eigenvalue weighted by molar-refractivity contribution is 5.85. The van der Waals surface area contributed by atoms with E-state index in [1.807, 2.05) is 18.2 Å². The molecule has 0 atom stereocenters. The van der Waals surface area contributed by atoms with Crippen molar-refractivity contribution in [2.24, 2.45) is 0 Å². The van der Waals surface area contributed by atoms with Gasteiger partial charge in [0.05, 0.1) is 0 Å². The van der Waals surface area contributed by atoms with Crippen LogP contribution in [-0.2, 0) is 0 Å². The quantitative estimate of drug-likeness (QED) is 0.695. The molecule has 0 radical (unpaired) electrons. The summed E-state index contributed by atoms with van der Waals surface area (Å²) < 4.78 is 0. The molecule has 0 aliphatic rings. The van der Waals surface area contributed by atoms with Gasteiger partial charge in [0.25, 0.3) is 0 Å². The molecule has 2 aromatic rings. The van der Waals surface area contributed by atoms with Crippen molar-refractivity contribution in [3.8, 4) is 11.5 Å². The number of hydrogen-bond donors (Lipinski definition) is 0. The van der Waals surface area contributed by atoms with Crippen LogP contribution in [0.4, 0.5) is 0 Å². The summed E-state index contributed by atoms with van der Waals surface area (Å²) in [6.07, 6.45) is 5.14. The minimum atomic E-state index is 0. The van der Waals surface area contributed by atoms with E-state index in [4.69, 9.17) is 0 Å². The summed E-state index contributed by atoms with van der Waals surface area (Å²) in [6, 6.07) is 7.45. The van der Waals surface area contributed by atoms with Crippen LogP contribution >= 0.6 is 12.4 Å². The predicted octanol–water partition coefficient (Wildman–Crippen LogP) is 1.96. The molecule has 2 aromatic heterocycles. The van der Waals surface area contributed by atoms with Crippen LogP contribution in [0.25, 0.3) is 11.5 Å². The molecule has 0 saturated carbocycles. The Hall–Kier alpha value is -1.48. The Bertz CT molecular complexity index is 312. The van der Waals surface area contributed by atoms with Gasteiger partial charge in [-0.1, -0.05) is 6.07 Å². The van der Waals surface area contributed by atoms with Gasteiger partial charge in [-0.15, -0.1) is 12.4 Å². The lowest BCUT2D eigenvalue weighted by atomic mass is 10.3. The average molecular weight is 194 g/mol. The first-order valence-corrected chi connectivity index (χ1v) is 3.65. The monoisotopic (exact) mass is 193 g/mol. The van der Waals surface area contributed by atoms with Gasteiger partial charge in [0.15, 0.2) is 5.82 Å². The molecule has 66 valence electrons. The Morgan fingerprint density at radius 1 is 0.769 bits per heavy atom. The van der Waals surface area contributed by atoms with Crippen molar-refractivity contribution < 1.29 is 0 Å². The van der Waals surface area contributed by atoms with Gasteiger partial charge in [0.2, 0.25) is 0 Å². The zero-order valence-corrected chi connectivity index (χ0v) is 7.61. The van der Waals surface area contributed by atoms with Crippen molar-refractivity contribution >= 4 is 12.4 Å². The molecule has 0 saturated heterocycles. The molecule has 2 rings (SSSR count). The lowest BCUT2D eigenvalue weighted by Gasteiger charge is -1.95. The summed E-state index contributed by atoms with van der Waals surface area (Å²) in [6.45, 7) is 0. The molecule has 0 fully saturated rings. The minimum Gasteiger partial charge on any atom is -0.253 e. The van der Waals surface area contributed by atoms with Crippen molar-refractivity contribution in [3.05, 3.63) is 42.9 Å². The van der Waals surface area contributed by atoms with E-state index in [0.29, 0.717) is 5.82 Å². The Morgan fingerprint density at radius 3 is 2.08 bits per heavy atom. The largest absolute Gasteiger partial charge is 0.253 e. The summed E-state index contributed by atoms with van der Waals surface area (Å²) in [5.74, 6) is 0.665. The second kappa shape index (κ2) is 4.52. The first-order valence-electron chi connectivity index (χ1n) is 3.65. The lowest BCUT2D eigenvalue weighted by molar-refractivity contribution is 1.14. The topological polar surface area (TPSA) is 38.7 Å². The molecule has 3 nitrogen and oxygen atoms in total. The van der Waals surface area contributed by atoms with E-state index in [-0.39, 0.29) is 12.4 Å². The maximum atomic E-state index is 4.12. The van der Waals surface area contributed by atoms with E-state index < -0.39 is 0 Å². The second-order valence-electron chi connectivity index (χ2n) is 2.29. The average Bonchev–Trinajstić information content (AvgIpc) is 2.21. The van der Waals surface area contributed by atoms with Crippen LogP contribution in [-0.4, -0.2) is 15.0 Å². The van der Waals surface area contributed by atoms with Crippen LogP contribution in [0, 0.1) is 0 Å². The van der Waals surface area contributed by atoms with Crippen LogP contribution in [0.2, 0.25) is 0 Å². The molecule has 0 amide bonds. The Labute approximate surface area is 82.3 Å². The van der Waals surface area contributed by atoms with Crippen molar-refractivity contribution in [3.63, 3.8) is 0 Å². The number of hydrogen-bond acceptors (Lipinski definition) is 3. The van der Waals surface area contributed by atoms with E-state index >= 15 is 0 Å². The second-order valence-corrected chi connectivity index (χ2v) is 2.29. The fraction of sp³-hybridized carbons (Fsp3) is 0. The number of rotatable bonds is 1. The van der Waals surface area contributed by atoms with Crippen LogP contribution in [0.1, 0.15) is 0 Å². The standard InChI is InChI=1S/C9H7N3.ClH/c1-2-5-10-8(4-1)9-11-6-3-7-12-9;/h1-7H;1H. The van der Waals surface area contributed by atoms with E-state index in [2.05, 4.69) is 15.0 Å². The molecule has 13 heavy (non-hydrogen) atoms. The number of halogens is 1. The summed E-state index contributed by atoms with van der Waals surface area (Å²) in [7, 11) is 0. The van der Waals surface area contributed by atoms with Gasteiger partial charge in [0.1, 0.15) is 5.69 Å². The normalized spacial score (nSPS) is 8.92. The highest BCUT2D eigenvalue weighted by Crippen LogP contribution is 2.07. The summed E-state index contributed by atoms with van der Waals surface area (Å²) >= 11 is 0. The van der Waals surface area contributed by atoms with Gasteiger partial charge in [-0.3, -0.25) is 4.98 Å². The summed E-state index contributed by atoms with van der Waals surface area (Å²) in [5.41, 5.74) is 0.804. The van der Waals surface area contributed by atoms with Gasteiger partial charge in [0, 0.05) is 18.6 Å². The molecular weight excluding hydrogens is 186 g/mol. The molecule has 0 aliphatic heterocycles. The van der Waals surface area contributed by atoms with Crippen LogP contribution < -0.4 is 0 Å². The molecule has 0 unspecified atom stereocenters. The first-order chi connectivity index (χ1) is 5.97. The van der Waals surface area contributed by atoms with Gasteiger partial charge in [-0.25, -0.2) is 9.97 Å². The Balaban J connectivity index is 0.000000845. The molecule has 0 aliphatic carbocycles. The van der Waals surface area contributed by atoms with E-state index in [1.165, 1.54) is 0 Å². The molecule has 0 spiro atoms. The number of aromatic nitrogens is 3. The third-order valence-corrected chi connectivity index (χ3v) is 1.46. The zero-order chi connectivity index (χ0) is 8.23. The fourth-order valence-electron chi connectivity index (χ4n) is 0.926. The van der Waals surface area contributed by atoms with Gasteiger partial charge >= 0.3 is 0 Å². The Kier molecular flexibility index (Phi) is 3.34. The summed E-state index contributed by atoms with van der Waals surface area (Å²) in [4.78, 5) is 12.3. The van der Waals surface area contributed by atoms with Crippen molar-refractivity contribution in [1.29, 1.82) is 0 Å². The first kappa shape index (κ1) is 9.61. The van der Waals surface area contributed by atoms with Crippen LogP contribution in [0.3, 0.4) is 0 Å². The molecule has 2 heterocycles. The fourth-order valence-corrected chi connectivity index (χ4v) is 0.926. The van der Waals surface area contributed by atoms with Crippen molar-refractivity contribution in [2.45, 2.75) is 0 Å². The van der Waals surface area contributed by atoms with Crippen molar-refractivity contribution in [2.75, 3.05) is 0 Å². The van der Waals surface area contributed by atoms with Gasteiger partial charge in [-0.05, 0) is 18.2 Å². The van der Waals surface area contributed by atoms with Gasteiger partial charge in [-0.2, -0.15) is 0 Å². The third-order valence-electron chi connectivity index (χ3n) is 1.46. The summed E-state index contributed by atoms with van der Waals surface area (Å²) in [5, 5.41) is 0. The maximum Gasteiger partial charge on any atom is 0.178 e. The molecular formula is C9H8ClN3. The zero-order valence-electron chi connectivity index (χ0n) is 6.79.